The van der Waals surface area contributed by atoms with Crippen molar-refractivity contribution in [3.63, 3.8) is 0 Å². The minimum atomic E-state index is -2.42. The van der Waals surface area contributed by atoms with Gasteiger partial charge in [0.25, 0.3) is 6.43 Å². The first-order valence-corrected chi connectivity index (χ1v) is 5.56. The molecule has 2 N–H and O–H groups in total. The van der Waals surface area contributed by atoms with Crippen molar-refractivity contribution in [1.82, 2.24) is 5.32 Å². The maximum absolute atomic E-state index is 11.8. The third-order valence-electron chi connectivity index (χ3n) is 2.18. The molecule has 6 heteroatoms. The lowest BCUT2D eigenvalue weighted by Crippen LogP contribution is -2.34. The molecule has 1 rings (SSSR count). The van der Waals surface area contributed by atoms with Crippen molar-refractivity contribution in [3.8, 4) is 11.5 Å². The predicted octanol–water partition coefficient (Wildman–Crippen LogP) is 1.29. The molecule has 0 saturated heterocycles. The first-order valence-electron chi connectivity index (χ1n) is 5.56. The van der Waals surface area contributed by atoms with Crippen LogP contribution in [0.5, 0.6) is 11.5 Å². The van der Waals surface area contributed by atoms with Crippen LogP contribution >= 0.6 is 0 Å². The van der Waals surface area contributed by atoms with Crippen LogP contribution in [-0.2, 0) is 0 Å². The van der Waals surface area contributed by atoms with Crippen molar-refractivity contribution >= 4 is 0 Å². The van der Waals surface area contributed by atoms with Gasteiger partial charge in [0.15, 0.2) is 11.5 Å². The van der Waals surface area contributed by atoms with Crippen LogP contribution < -0.4 is 14.8 Å². The molecule has 102 valence electrons. The van der Waals surface area contributed by atoms with Gasteiger partial charge in [0.1, 0.15) is 12.7 Å². The number of ether oxygens (including phenoxy) is 2. The summed E-state index contributed by atoms with van der Waals surface area (Å²) in [5.41, 5.74) is 0. The van der Waals surface area contributed by atoms with Crippen molar-refractivity contribution in [1.29, 1.82) is 0 Å². The van der Waals surface area contributed by atoms with Crippen LogP contribution in [0.2, 0.25) is 0 Å². The largest absolute Gasteiger partial charge is 0.493 e. The molecule has 0 aliphatic heterocycles. The second-order valence-corrected chi connectivity index (χ2v) is 3.67. The monoisotopic (exact) mass is 261 g/mol. The molecular weight excluding hydrogens is 244 g/mol. The second-order valence-electron chi connectivity index (χ2n) is 3.67. The van der Waals surface area contributed by atoms with Gasteiger partial charge in [-0.2, -0.15) is 0 Å². The Bertz CT molecular complexity index is 350. The van der Waals surface area contributed by atoms with Gasteiger partial charge in [0, 0.05) is 6.54 Å². The maximum Gasteiger partial charge on any atom is 0.250 e. The van der Waals surface area contributed by atoms with E-state index in [9.17, 15) is 13.9 Å². The molecule has 1 aromatic carbocycles. The van der Waals surface area contributed by atoms with E-state index in [-0.39, 0.29) is 13.2 Å². The van der Waals surface area contributed by atoms with Crippen LogP contribution in [0.4, 0.5) is 8.78 Å². The summed E-state index contributed by atoms with van der Waals surface area (Å²) in [5, 5.41) is 12.0. The number of halogens is 2. The summed E-state index contributed by atoms with van der Waals surface area (Å²) in [4.78, 5) is 0. The van der Waals surface area contributed by atoms with Gasteiger partial charge in [-0.05, 0) is 12.1 Å². The van der Waals surface area contributed by atoms with Gasteiger partial charge < -0.3 is 19.9 Å². The molecule has 18 heavy (non-hydrogen) atoms. The van der Waals surface area contributed by atoms with Gasteiger partial charge in [0.2, 0.25) is 0 Å². The van der Waals surface area contributed by atoms with E-state index in [1.54, 1.807) is 24.3 Å². The van der Waals surface area contributed by atoms with Gasteiger partial charge in [-0.15, -0.1) is 0 Å². The van der Waals surface area contributed by atoms with Crippen LogP contribution in [0.1, 0.15) is 0 Å². The van der Waals surface area contributed by atoms with E-state index in [1.165, 1.54) is 7.11 Å². The molecule has 0 amide bonds. The minimum Gasteiger partial charge on any atom is -0.493 e. The molecule has 0 spiro atoms. The number of alkyl halides is 2. The van der Waals surface area contributed by atoms with Crippen LogP contribution in [0.15, 0.2) is 24.3 Å². The Morgan fingerprint density at radius 1 is 1.22 bits per heavy atom. The molecule has 0 fully saturated rings. The lowest BCUT2D eigenvalue weighted by molar-refractivity contribution is 0.0939. The highest BCUT2D eigenvalue weighted by atomic mass is 19.3. The molecule has 0 saturated carbocycles. The highest BCUT2D eigenvalue weighted by Crippen LogP contribution is 2.25. The number of methoxy groups -OCH3 is 1. The summed E-state index contributed by atoms with van der Waals surface area (Å²) in [6.07, 6.45) is -3.28. The number of benzene rings is 1. The normalized spacial score (nSPS) is 12.5. The summed E-state index contributed by atoms with van der Waals surface area (Å²) in [5.74, 6) is 1.07. The molecule has 0 aliphatic carbocycles. The lowest BCUT2D eigenvalue weighted by Gasteiger charge is -2.14. The first-order chi connectivity index (χ1) is 8.63. The van der Waals surface area contributed by atoms with Crippen molar-refractivity contribution in [2.24, 2.45) is 0 Å². The van der Waals surface area contributed by atoms with Crippen molar-refractivity contribution in [2.45, 2.75) is 12.5 Å². The summed E-state index contributed by atoms with van der Waals surface area (Å²) in [7, 11) is 1.52. The molecule has 1 aromatic rings. The zero-order valence-corrected chi connectivity index (χ0v) is 10.1. The molecule has 0 aromatic heterocycles. The molecule has 0 heterocycles. The number of hydrogen-bond acceptors (Lipinski definition) is 4. The average Bonchev–Trinajstić information content (AvgIpc) is 2.36. The number of aliphatic hydroxyl groups is 1. The molecular formula is C12H17F2NO3. The van der Waals surface area contributed by atoms with E-state index in [0.717, 1.165) is 0 Å². The molecule has 0 bridgehead atoms. The molecule has 0 aliphatic rings. The zero-order valence-electron chi connectivity index (χ0n) is 10.1. The van der Waals surface area contributed by atoms with Crippen LogP contribution in [0.3, 0.4) is 0 Å². The Labute approximate surface area is 105 Å². The van der Waals surface area contributed by atoms with E-state index < -0.39 is 19.1 Å². The molecule has 1 atom stereocenters. The SMILES string of the molecule is COc1ccccc1OCC(O)CNCC(F)F. The molecule has 0 radical (unpaired) electrons. The van der Waals surface area contributed by atoms with Crippen molar-refractivity contribution in [3.05, 3.63) is 24.3 Å². The van der Waals surface area contributed by atoms with Gasteiger partial charge in [-0.25, -0.2) is 8.78 Å². The van der Waals surface area contributed by atoms with Crippen molar-refractivity contribution < 1.29 is 23.4 Å². The fourth-order valence-electron chi connectivity index (χ4n) is 1.34. The van der Waals surface area contributed by atoms with Crippen LogP contribution in [0.25, 0.3) is 0 Å². The third-order valence-corrected chi connectivity index (χ3v) is 2.18. The average molecular weight is 261 g/mol. The topological polar surface area (TPSA) is 50.7 Å². The highest BCUT2D eigenvalue weighted by Gasteiger charge is 2.09. The predicted molar refractivity (Wildman–Crippen MR) is 63.4 cm³/mol. The highest BCUT2D eigenvalue weighted by molar-refractivity contribution is 5.39. The van der Waals surface area contributed by atoms with Crippen LogP contribution in [-0.4, -0.2) is 44.4 Å². The van der Waals surface area contributed by atoms with E-state index in [0.29, 0.717) is 11.5 Å². The van der Waals surface area contributed by atoms with Gasteiger partial charge in [-0.1, -0.05) is 12.1 Å². The Hall–Kier alpha value is -1.40. The summed E-state index contributed by atoms with van der Waals surface area (Å²) >= 11 is 0. The van der Waals surface area contributed by atoms with Gasteiger partial charge in [0.05, 0.1) is 13.7 Å². The van der Waals surface area contributed by atoms with E-state index in [1.807, 2.05) is 0 Å². The van der Waals surface area contributed by atoms with E-state index in [2.05, 4.69) is 5.32 Å². The number of nitrogens with one attached hydrogen (secondary N) is 1. The Morgan fingerprint density at radius 3 is 2.50 bits per heavy atom. The molecule has 1 unspecified atom stereocenters. The zero-order chi connectivity index (χ0) is 13.4. The van der Waals surface area contributed by atoms with Gasteiger partial charge in [-0.3, -0.25) is 0 Å². The Kier molecular flexibility index (Phi) is 6.38. The third kappa shape index (κ3) is 5.29. The summed E-state index contributed by atoms with van der Waals surface area (Å²) in [6.45, 7) is -0.373. The maximum atomic E-state index is 11.8. The van der Waals surface area contributed by atoms with E-state index >= 15 is 0 Å². The lowest BCUT2D eigenvalue weighted by atomic mass is 10.3. The fraction of sp³-hybridized carbons (Fsp3) is 0.500. The standard InChI is InChI=1S/C12H17F2NO3/c1-17-10-4-2-3-5-11(10)18-8-9(16)6-15-7-12(13)14/h2-5,9,12,15-16H,6-8H2,1H3. The number of aliphatic hydroxyl groups excluding tert-OH is 1. The van der Waals surface area contributed by atoms with Crippen molar-refractivity contribution in [2.75, 3.05) is 26.8 Å². The minimum absolute atomic E-state index is 0.0105. The first kappa shape index (κ1) is 14.7. The summed E-state index contributed by atoms with van der Waals surface area (Å²) in [6, 6.07) is 7.01. The second kappa shape index (κ2) is 7.84. The molecule has 4 nitrogen and oxygen atoms in total. The summed E-state index contributed by atoms with van der Waals surface area (Å²) < 4.78 is 34.1. The fourth-order valence-corrected chi connectivity index (χ4v) is 1.34. The smallest absolute Gasteiger partial charge is 0.250 e. The quantitative estimate of drug-likeness (QED) is 0.740. The number of rotatable bonds is 8. The number of para-hydroxylation sites is 2. The Balaban J connectivity index is 2.31. The Morgan fingerprint density at radius 2 is 1.89 bits per heavy atom. The van der Waals surface area contributed by atoms with E-state index in [4.69, 9.17) is 9.47 Å². The van der Waals surface area contributed by atoms with Gasteiger partial charge >= 0.3 is 0 Å². The number of hydrogen-bond donors (Lipinski definition) is 2. The van der Waals surface area contributed by atoms with Crippen LogP contribution in [0, 0.1) is 0 Å².